The molecule has 34 heavy (non-hydrogen) atoms. The smallest absolute Gasteiger partial charge is 0.410 e. The standard InChI is InChI=1S/C24H31N5O5/c1-6-13-33-22(31)18-8-7-17-19(20(18)30)26-15(2)27-21(17)28-11-12-29(16(14-28)9-10-25)23(32)34-24(3,4)5/h6,16,18H,1,7-9,11-14H2,2-5H3/t16-,18?/m0/s1. The van der Waals surface area contributed by atoms with Crippen LogP contribution in [0.15, 0.2) is 12.7 Å². The number of ketones is 1. The van der Waals surface area contributed by atoms with Gasteiger partial charge in [-0.15, -0.1) is 0 Å². The zero-order valence-corrected chi connectivity index (χ0v) is 20.2. The molecule has 1 aliphatic heterocycles. The number of carbonyl (C=O) groups is 3. The van der Waals surface area contributed by atoms with Crippen LogP contribution < -0.4 is 4.90 Å². The molecule has 182 valence electrons. The Morgan fingerprint density at radius 3 is 2.68 bits per heavy atom. The number of esters is 1. The molecule has 1 aromatic rings. The molecule has 0 N–H and O–H groups in total. The van der Waals surface area contributed by atoms with Crippen molar-refractivity contribution in [2.24, 2.45) is 5.92 Å². The van der Waals surface area contributed by atoms with Crippen molar-refractivity contribution in [1.82, 2.24) is 14.9 Å². The van der Waals surface area contributed by atoms with Crippen LogP contribution in [-0.2, 0) is 20.7 Å². The third-order valence-corrected chi connectivity index (χ3v) is 5.70. The van der Waals surface area contributed by atoms with Gasteiger partial charge in [0.1, 0.15) is 35.5 Å². The molecule has 1 aliphatic carbocycles. The number of fused-ring (bicyclic) bond motifs is 1. The lowest BCUT2D eigenvalue weighted by Crippen LogP contribution is -2.56. The van der Waals surface area contributed by atoms with E-state index in [1.165, 1.54) is 6.08 Å². The first-order valence-electron chi connectivity index (χ1n) is 11.4. The van der Waals surface area contributed by atoms with E-state index in [1.54, 1.807) is 32.6 Å². The van der Waals surface area contributed by atoms with Gasteiger partial charge in [-0.05, 0) is 40.5 Å². The monoisotopic (exact) mass is 469 g/mol. The SMILES string of the molecule is C=CCOC(=O)C1CCc2c(nc(C)nc2N2CCN(C(=O)OC(C)(C)C)[C@@H](CC#N)C2)C1=O. The van der Waals surface area contributed by atoms with Crippen molar-refractivity contribution in [2.75, 3.05) is 31.1 Å². The molecule has 0 bridgehead atoms. The molecule has 1 amide bonds. The summed E-state index contributed by atoms with van der Waals surface area (Å²) in [6.45, 7) is 11.8. The van der Waals surface area contributed by atoms with E-state index in [2.05, 4.69) is 22.6 Å². The molecular weight excluding hydrogens is 438 g/mol. The molecule has 0 saturated carbocycles. The number of Topliss-reactive ketones (excluding diaryl/α,β-unsaturated/α-hetero) is 1. The van der Waals surface area contributed by atoms with E-state index in [1.807, 2.05) is 4.90 Å². The van der Waals surface area contributed by atoms with Gasteiger partial charge in [0.25, 0.3) is 0 Å². The summed E-state index contributed by atoms with van der Waals surface area (Å²) in [5, 5.41) is 9.35. The maximum atomic E-state index is 13.1. The highest BCUT2D eigenvalue weighted by Crippen LogP contribution is 2.33. The molecule has 3 rings (SSSR count). The first-order chi connectivity index (χ1) is 16.1. The fourth-order valence-corrected chi connectivity index (χ4v) is 4.22. The van der Waals surface area contributed by atoms with Crippen LogP contribution in [-0.4, -0.2) is 70.6 Å². The number of nitrogens with zero attached hydrogens (tertiary/aromatic N) is 5. The van der Waals surface area contributed by atoms with Crippen molar-refractivity contribution < 1.29 is 23.9 Å². The molecule has 10 heteroatoms. The lowest BCUT2D eigenvalue weighted by Gasteiger charge is -2.42. The van der Waals surface area contributed by atoms with E-state index < -0.39 is 23.6 Å². The van der Waals surface area contributed by atoms with Crippen molar-refractivity contribution in [2.45, 2.75) is 58.6 Å². The van der Waals surface area contributed by atoms with Crippen LogP contribution in [0.3, 0.4) is 0 Å². The van der Waals surface area contributed by atoms with E-state index >= 15 is 0 Å². The van der Waals surface area contributed by atoms with Crippen molar-refractivity contribution >= 4 is 23.7 Å². The van der Waals surface area contributed by atoms with Crippen molar-refractivity contribution in [3.05, 3.63) is 29.7 Å². The van der Waals surface area contributed by atoms with E-state index in [0.717, 1.165) is 0 Å². The second kappa shape index (κ2) is 10.2. The number of aryl methyl sites for hydroxylation is 1. The fraction of sp³-hybridized carbons (Fsp3) is 0.583. The number of hydrogen-bond acceptors (Lipinski definition) is 9. The third-order valence-electron chi connectivity index (χ3n) is 5.70. The average Bonchev–Trinajstić information content (AvgIpc) is 2.76. The Kier molecular flexibility index (Phi) is 7.54. The van der Waals surface area contributed by atoms with Gasteiger partial charge in [0.2, 0.25) is 0 Å². The van der Waals surface area contributed by atoms with Crippen LogP contribution in [0.4, 0.5) is 10.6 Å². The number of piperazine rings is 1. The normalized spacial score (nSPS) is 20.3. The summed E-state index contributed by atoms with van der Waals surface area (Å²) in [4.78, 5) is 50.7. The van der Waals surface area contributed by atoms with Crippen molar-refractivity contribution in [3.8, 4) is 6.07 Å². The Bertz CT molecular complexity index is 1030. The molecule has 10 nitrogen and oxygen atoms in total. The molecule has 1 aromatic heterocycles. The van der Waals surface area contributed by atoms with E-state index in [9.17, 15) is 19.6 Å². The number of ether oxygens (including phenoxy) is 2. The van der Waals surface area contributed by atoms with Crippen molar-refractivity contribution in [3.63, 3.8) is 0 Å². The van der Waals surface area contributed by atoms with Gasteiger partial charge in [-0.25, -0.2) is 14.8 Å². The third kappa shape index (κ3) is 5.53. The minimum atomic E-state index is -0.898. The second-order valence-corrected chi connectivity index (χ2v) is 9.43. The molecule has 0 aromatic carbocycles. The Balaban J connectivity index is 1.86. The summed E-state index contributed by atoms with van der Waals surface area (Å²) in [6, 6.07) is 1.76. The number of rotatable bonds is 5. The van der Waals surface area contributed by atoms with Crippen molar-refractivity contribution in [1.29, 1.82) is 5.26 Å². The van der Waals surface area contributed by atoms with Gasteiger partial charge < -0.3 is 19.3 Å². The lowest BCUT2D eigenvalue weighted by atomic mass is 9.85. The summed E-state index contributed by atoms with van der Waals surface area (Å²) >= 11 is 0. The molecule has 0 radical (unpaired) electrons. The maximum absolute atomic E-state index is 13.1. The highest BCUT2D eigenvalue weighted by atomic mass is 16.6. The molecule has 2 aliphatic rings. The highest BCUT2D eigenvalue weighted by molar-refractivity contribution is 6.09. The van der Waals surface area contributed by atoms with Gasteiger partial charge in [-0.2, -0.15) is 5.26 Å². The molecule has 0 spiro atoms. The number of hydrogen-bond donors (Lipinski definition) is 0. The number of aromatic nitrogens is 2. The largest absolute Gasteiger partial charge is 0.461 e. The molecule has 1 saturated heterocycles. The summed E-state index contributed by atoms with van der Waals surface area (Å²) in [5.74, 6) is -0.824. The van der Waals surface area contributed by atoms with Gasteiger partial charge in [0.05, 0.1) is 18.5 Å². The first-order valence-corrected chi connectivity index (χ1v) is 11.4. The zero-order chi connectivity index (χ0) is 25.0. The van der Waals surface area contributed by atoms with Gasteiger partial charge >= 0.3 is 12.1 Å². The number of anilines is 1. The van der Waals surface area contributed by atoms with Crippen LogP contribution in [0.5, 0.6) is 0 Å². The van der Waals surface area contributed by atoms with Crippen LogP contribution >= 0.6 is 0 Å². The molecule has 2 atom stereocenters. The number of nitriles is 1. The highest BCUT2D eigenvalue weighted by Gasteiger charge is 2.39. The van der Waals surface area contributed by atoms with Gasteiger partial charge in [-0.1, -0.05) is 12.7 Å². The second-order valence-electron chi connectivity index (χ2n) is 9.43. The topological polar surface area (TPSA) is 126 Å². The minimum absolute atomic E-state index is 0.0474. The Labute approximate surface area is 199 Å². The average molecular weight is 470 g/mol. The van der Waals surface area contributed by atoms with E-state index in [4.69, 9.17) is 9.47 Å². The van der Waals surface area contributed by atoms with Gasteiger partial charge in [-0.3, -0.25) is 9.59 Å². The van der Waals surface area contributed by atoms with E-state index in [0.29, 0.717) is 49.7 Å². The molecular formula is C24H31N5O5. The summed E-state index contributed by atoms with van der Waals surface area (Å²) in [7, 11) is 0. The summed E-state index contributed by atoms with van der Waals surface area (Å²) in [5.41, 5.74) is 0.281. The van der Waals surface area contributed by atoms with Crippen LogP contribution in [0, 0.1) is 24.2 Å². The minimum Gasteiger partial charge on any atom is -0.461 e. The summed E-state index contributed by atoms with van der Waals surface area (Å²) in [6.07, 6.45) is 1.89. The maximum Gasteiger partial charge on any atom is 0.410 e. The Hall–Kier alpha value is -3.48. The summed E-state index contributed by atoms with van der Waals surface area (Å²) < 4.78 is 10.6. The molecule has 2 heterocycles. The van der Waals surface area contributed by atoms with Gasteiger partial charge in [0.15, 0.2) is 5.78 Å². The van der Waals surface area contributed by atoms with E-state index in [-0.39, 0.29) is 30.5 Å². The molecule has 1 unspecified atom stereocenters. The number of amides is 1. The Morgan fingerprint density at radius 2 is 2.03 bits per heavy atom. The van der Waals surface area contributed by atoms with Crippen LogP contribution in [0.2, 0.25) is 0 Å². The van der Waals surface area contributed by atoms with Crippen LogP contribution in [0.25, 0.3) is 0 Å². The zero-order valence-electron chi connectivity index (χ0n) is 20.2. The quantitative estimate of drug-likeness (QED) is 0.363. The predicted molar refractivity (Wildman–Crippen MR) is 123 cm³/mol. The van der Waals surface area contributed by atoms with Gasteiger partial charge in [0, 0.05) is 25.2 Å². The number of carbonyl (C=O) groups excluding carboxylic acids is 3. The predicted octanol–water partition coefficient (Wildman–Crippen LogP) is 2.60. The lowest BCUT2D eigenvalue weighted by molar-refractivity contribution is -0.145. The van der Waals surface area contributed by atoms with Crippen LogP contribution in [0.1, 0.15) is 55.5 Å². The molecule has 1 fully saturated rings. The first kappa shape index (κ1) is 25.1. The Morgan fingerprint density at radius 1 is 1.29 bits per heavy atom. The fourth-order valence-electron chi connectivity index (χ4n) is 4.22.